The van der Waals surface area contributed by atoms with Gasteiger partial charge in [0.25, 0.3) is 5.91 Å². The summed E-state index contributed by atoms with van der Waals surface area (Å²) in [5.74, 6) is 0.0718. The van der Waals surface area contributed by atoms with E-state index in [2.05, 4.69) is 17.2 Å². The third-order valence-electron chi connectivity index (χ3n) is 3.87. The molecule has 1 aliphatic heterocycles. The van der Waals surface area contributed by atoms with Gasteiger partial charge in [0.05, 0.1) is 0 Å². The van der Waals surface area contributed by atoms with Crippen molar-refractivity contribution in [2.75, 3.05) is 13.1 Å². The van der Waals surface area contributed by atoms with Crippen LogP contribution in [0.5, 0.6) is 0 Å². The standard InChI is InChI=1S/C9H8ClN3O3S.C6H13N/c10-4-1-2-6-5(3-4)8(17(12,15)16)7(13-6)9(11)14;1-6-2-4-7-5-3-6/h1-3,13H,(H2,11,14)(H2,12,15,16);6-7H,2-5H2,1H3. The van der Waals surface area contributed by atoms with E-state index in [-0.39, 0.29) is 16.0 Å². The number of piperidine rings is 1. The minimum atomic E-state index is -4.07. The van der Waals surface area contributed by atoms with Crippen molar-refractivity contribution in [2.24, 2.45) is 16.8 Å². The molecule has 0 bridgehead atoms. The van der Waals surface area contributed by atoms with Gasteiger partial charge < -0.3 is 16.0 Å². The lowest BCUT2D eigenvalue weighted by atomic mass is 10.0. The number of nitrogens with two attached hydrogens (primary N) is 2. The number of nitrogens with one attached hydrogen (secondary N) is 2. The lowest BCUT2D eigenvalue weighted by Gasteiger charge is -2.17. The molecule has 1 aliphatic rings. The average Bonchev–Trinajstić information content (AvgIpc) is 2.87. The number of primary amides is 1. The summed E-state index contributed by atoms with van der Waals surface area (Å²) < 4.78 is 22.9. The van der Waals surface area contributed by atoms with E-state index in [9.17, 15) is 13.2 Å². The van der Waals surface area contributed by atoms with Gasteiger partial charge in [-0.05, 0) is 50.0 Å². The van der Waals surface area contributed by atoms with Gasteiger partial charge in [-0.25, -0.2) is 13.6 Å². The second-order valence-corrected chi connectivity index (χ2v) is 7.80. The predicted molar refractivity (Wildman–Crippen MR) is 94.5 cm³/mol. The largest absolute Gasteiger partial charge is 0.364 e. The van der Waals surface area contributed by atoms with Gasteiger partial charge in [-0.3, -0.25) is 4.79 Å². The Morgan fingerprint density at radius 1 is 1.29 bits per heavy atom. The molecule has 0 atom stereocenters. The summed E-state index contributed by atoms with van der Waals surface area (Å²) in [5, 5.41) is 8.95. The molecule has 0 aliphatic carbocycles. The highest BCUT2D eigenvalue weighted by Gasteiger charge is 2.24. The number of aromatic amines is 1. The molecule has 3 rings (SSSR count). The molecule has 1 aromatic heterocycles. The molecule has 9 heteroatoms. The van der Waals surface area contributed by atoms with E-state index in [0.717, 1.165) is 5.92 Å². The van der Waals surface area contributed by atoms with Crippen molar-refractivity contribution in [1.29, 1.82) is 0 Å². The number of sulfonamides is 1. The number of benzene rings is 1. The third kappa shape index (κ3) is 4.47. The lowest BCUT2D eigenvalue weighted by Crippen LogP contribution is -2.26. The van der Waals surface area contributed by atoms with Gasteiger partial charge in [0.2, 0.25) is 10.0 Å². The zero-order chi connectivity index (χ0) is 17.9. The van der Waals surface area contributed by atoms with Gasteiger partial charge in [0.1, 0.15) is 10.6 Å². The van der Waals surface area contributed by atoms with E-state index in [1.165, 1.54) is 32.0 Å². The third-order valence-corrected chi connectivity index (χ3v) is 5.10. The highest BCUT2D eigenvalue weighted by Crippen LogP contribution is 2.28. The van der Waals surface area contributed by atoms with Crippen molar-refractivity contribution < 1.29 is 13.2 Å². The number of carbonyl (C=O) groups is 1. The molecule has 2 aromatic rings. The second-order valence-electron chi connectivity index (χ2n) is 5.86. The molecule has 0 saturated carbocycles. The summed E-state index contributed by atoms with van der Waals surface area (Å²) in [5.41, 5.74) is 5.27. The molecule has 24 heavy (non-hydrogen) atoms. The van der Waals surface area contributed by atoms with Gasteiger partial charge in [0.15, 0.2) is 0 Å². The number of primary sulfonamides is 1. The number of carbonyl (C=O) groups excluding carboxylic acids is 1. The molecule has 2 heterocycles. The number of halogens is 1. The Kier molecular flexibility index (Phi) is 5.87. The van der Waals surface area contributed by atoms with Crippen LogP contribution in [0.15, 0.2) is 23.1 Å². The van der Waals surface area contributed by atoms with Crippen LogP contribution in [0, 0.1) is 5.92 Å². The molecule has 6 N–H and O–H groups in total. The molecular formula is C15H21ClN4O3S. The van der Waals surface area contributed by atoms with Gasteiger partial charge in [-0.15, -0.1) is 0 Å². The first-order valence-electron chi connectivity index (χ1n) is 7.54. The lowest BCUT2D eigenvalue weighted by molar-refractivity contribution is 0.0993. The van der Waals surface area contributed by atoms with Crippen LogP contribution in [0.25, 0.3) is 10.9 Å². The fraction of sp³-hybridized carbons (Fsp3) is 0.400. The molecule has 1 fully saturated rings. The Labute approximate surface area is 145 Å². The monoisotopic (exact) mass is 372 g/mol. The van der Waals surface area contributed by atoms with E-state index in [1.807, 2.05) is 0 Å². The number of hydrogen-bond donors (Lipinski definition) is 4. The van der Waals surface area contributed by atoms with Crippen molar-refractivity contribution in [2.45, 2.75) is 24.7 Å². The van der Waals surface area contributed by atoms with E-state index in [0.29, 0.717) is 10.5 Å². The summed E-state index contributed by atoms with van der Waals surface area (Å²) >= 11 is 5.76. The second kappa shape index (κ2) is 7.52. The van der Waals surface area contributed by atoms with Crippen molar-refractivity contribution >= 4 is 38.4 Å². The molecule has 7 nitrogen and oxygen atoms in total. The van der Waals surface area contributed by atoms with Crippen molar-refractivity contribution in [3.05, 3.63) is 28.9 Å². The van der Waals surface area contributed by atoms with Crippen molar-refractivity contribution in [1.82, 2.24) is 10.3 Å². The zero-order valence-corrected chi connectivity index (χ0v) is 14.9. The molecule has 1 amide bonds. The van der Waals surface area contributed by atoms with E-state index < -0.39 is 15.9 Å². The maximum Gasteiger partial charge on any atom is 0.266 e. The molecule has 132 valence electrons. The van der Waals surface area contributed by atoms with Crippen LogP contribution >= 0.6 is 11.6 Å². The van der Waals surface area contributed by atoms with Crippen LogP contribution in [0.2, 0.25) is 5.02 Å². The van der Waals surface area contributed by atoms with Gasteiger partial charge >= 0.3 is 0 Å². The van der Waals surface area contributed by atoms with Gasteiger partial charge in [0, 0.05) is 15.9 Å². The molecule has 0 unspecified atom stereocenters. The predicted octanol–water partition coefficient (Wildman–Crippen LogP) is 1.57. The molecular weight excluding hydrogens is 352 g/mol. The highest BCUT2D eigenvalue weighted by molar-refractivity contribution is 7.89. The zero-order valence-electron chi connectivity index (χ0n) is 13.3. The minimum Gasteiger partial charge on any atom is -0.364 e. The number of aromatic nitrogens is 1. The first-order valence-corrected chi connectivity index (χ1v) is 9.47. The summed E-state index contributed by atoms with van der Waals surface area (Å²) in [6, 6.07) is 4.50. The summed E-state index contributed by atoms with van der Waals surface area (Å²) in [7, 11) is -4.07. The van der Waals surface area contributed by atoms with Gasteiger partial charge in [-0.2, -0.15) is 0 Å². The summed E-state index contributed by atoms with van der Waals surface area (Å²) in [6.07, 6.45) is 2.75. The highest BCUT2D eigenvalue weighted by atomic mass is 35.5. The van der Waals surface area contributed by atoms with E-state index >= 15 is 0 Å². The summed E-state index contributed by atoms with van der Waals surface area (Å²) in [4.78, 5) is 13.4. The van der Waals surface area contributed by atoms with Crippen LogP contribution in [0.4, 0.5) is 0 Å². The Morgan fingerprint density at radius 3 is 2.38 bits per heavy atom. The maximum absolute atomic E-state index is 11.5. The molecule has 0 radical (unpaired) electrons. The van der Waals surface area contributed by atoms with E-state index in [1.54, 1.807) is 12.1 Å². The first-order chi connectivity index (χ1) is 11.2. The first kappa shape index (κ1) is 18.7. The number of rotatable bonds is 2. The number of fused-ring (bicyclic) bond motifs is 1. The fourth-order valence-corrected chi connectivity index (χ4v) is 3.66. The number of amides is 1. The Bertz CT molecular complexity index is 842. The molecule has 1 saturated heterocycles. The Balaban J connectivity index is 0.000000249. The fourth-order valence-electron chi connectivity index (χ4n) is 2.57. The minimum absolute atomic E-state index is 0.244. The average molecular weight is 373 g/mol. The Hall–Kier alpha value is -1.61. The van der Waals surface area contributed by atoms with Crippen molar-refractivity contribution in [3.63, 3.8) is 0 Å². The van der Waals surface area contributed by atoms with E-state index in [4.69, 9.17) is 22.5 Å². The number of hydrogen-bond acceptors (Lipinski definition) is 4. The van der Waals surface area contributed by atoms with Crippen LogP contribution in [0.3, 0.4) is 0 Å². The summed E-state index contributed by atoms with van der Waals surface area (Å²) in [6.45, 7) is 4.79. The SMILES string of the molecule is CC1CCNCC1.NC(=O)c1[nH]c2ccc(Cl)cc2c1S(N)(=O)=O. The van der Waals surface area contributed by atoms with Crippen LogP contribution in [0.1, 0.15) is 30.3 Å². The maximum atomic E-state index is 11.5. The molecule has 0 spiro atoms. The molecule has 1 aromatic carbocycles. The van der Waals surface area contributed by atoms with Crippen LogP contribution < -0.4 is 16.2 Å². The topological polar surface area (TPSA) is 131 Å². The smallest absolute Gasteiger partial charge is 0.266 e. The van der Waals surface area contributed by atoms with Gasteiger partial charge in [-0.1, -0.05) is 18.5 Å². The Morgan fingerprint density at radius 2 is 1.92 bits per heavy atom. The normalized spacial score (nSPS) is 15.8. The number of H-pyrrole nitrogens is 1. The van der Waals surface area contributed by atoms with Crippen LogP contribution in [-0.4, -0.2) is 32.4 Å². The quantitative estimate of drug-likeness (QED) is 0.637. The van der Waals surface area contributed by atoms with Crippen LogP contribution in [-0.2, 0) is 10.0 Å². The van der Waals surface area contributed by atoms with Crippen molar-refractivity contribution in [3.8, 4) is 0 Å².